The van der Waals surface area contributed by atoms with E-state index in [2.05, 4.69) is 4.74 Å². The Labute approximate surface area is 187 Å². The number of non-ortho nitro benzene ring substituents is 1. The Balaban J connectivity index is 0.000000273. The maximum Gasteiger partial charge on any atom is 0.269 e. The molecule has 1 aromatic carbocycles. The second kappa shape index (κ2) is 12.0. The third-order valence-corrected chi connectivity index (χ3v) is 5.42. The third-order valence-electron chi connectivity index (χ3n) is 5.42. The van der Waals surface area contributed by atoms with E-state index in [1.54, 1.807) is 6.07 Å². The summed E-state index contributed by atoms with van der Waals surface area (Å²) < 4.78 is 9.93. The molecular formula is C19H29NO13. The standard InChI is InChI=1S/C13H17NO7.C6H12O6/c15-6-10-12(17)13(18)11(16)9(21-10)5-7-2-1-3-8(4-7)14(19)20;7-1-2-3(8)4(9)5(10)6(11)12-2/h1-4,9-13,15-18H,5-6H2;2-11H,1H2/t9-,10?,11?,12+,13+;2?,3-,4+,5?,6?/m01/s1. The van der Waals surface area contributed by atoms with E-state index in [1.807, 2.05) is 0 Å². The molecule has 0 saturated carbocycles. The van der Waals surface area contributed by atoms with E-state index in [1.165, 1.54) is 18.2 Å². The molecule has 3 rings (SSSR count). The molecule has 2 saturated heterocycles. The van der Waals surface area contributed by atoms with Gasteiger partial charge in [-0.15, -0.1) is 0 Å². The fourth-order valence-corrected chi connectivity index (χ4v) is 3.46. The van der Waals surface area contributed by atoms with E-state index in [9.17, 15) is 25.4 Å². The molecule has 0 radical (unpaired) electrons. The molecule has 2 fully saturated rings. The molecule has 0 aliphatic carbocycles. The van der Waals surface area contributed by atoms with Crippen LogP contribution in [-0.4, -0.2) is 125 Å². The van der Waals surface area contributed by atoms with Crippen LogP contribution in [0.4, 0.5) is 5.69 Å². The first kappa shape index (κ1) is 27.4. The number of hydrogen-bond donors (Lipinski definition) is 9. The average molecular weight is 479 g/mol. The van der Waals surface area contributed by atoms with Crippen molar-refractivity contribution in [2.45, 2.75) is 67.6 Å². The Morgan fingerprint density at radius 3 is 1.82 bits per heavy atom. The zero-order chi connectivity index (χ0) is 24.9. The molecule has 2 aliphatic rings. The number of aliphatic hydroxyl groups is 9. The molecule has 5 unspecified atom stereocenters. The molecule has 10 atom stereocenters. The number of rotatable bonds is 5. The lowest BCUT2D eigenvalue weighted by atomic mass is 9.91. The van der Waals surface area contributed by atoms with Crippen molar-refractivity contribution in [3.05, 3.63) is 39.9 Å². The minimum Gasteiger partial charge on any atom is -0.394 e. The van der Waals surface area contributed by atoms with E-state index in [4.69, 9.17) is 35.4 Å². The van der Waals surface area contributed by atoms with Gasteiger partial charge in [0.05, 0.1) is 24.2 Å². The Morgan fingerprint density at radius 2 is 1.27 bits per heavy atom. The van der Waals surface area contributed by atoms with E-state index in [-0.39, 0.29) is 12.1 Å². The number of hydrogen-bond acceptors (Lipinski definition) is 13. The summed E-state index contributed by atoms with van der Waals surface area (Å²) in [6.45, 7) is -1.03. The summed E-state index contributed by atoms with van der Waals surface area (Å²) in [5, 5.41) is 93.8. The highest BCUT2D eigenvalue weighted by atomic mass is 16.6. The number of nitro groups is 1. The van der Waals surface area contributed by atoms with Crippen LogP contribution in [0.15, 0.2) is 24.3 Å². The largest absolute Gasteiger partial charge is 0.394 e. The highest BCUT2D eigenvalue weighted by Gasteiger charge is 2.43. The molecule has 33 heavy (non-hydrogen) atoms. The van der Waals surface area contributed by atoms with Gasteiger partial charge in [-0.3, -0.25) is 10.1 Å². The molecule has 14 nitrogen and oxygen atoms in total. The van der Waals surface area contributed by atoms with Gasteiger partial charge in [0.15, 0.2) is 6.29 Å². The summed E-state index contributed by atoms with van der Waals surface area (Å²) in [7, 11) is 0. The van der Waals surface area contributed by atoms with Crippen LogP contribution in [0.1, 0.15) is 5.56 Å². The SMILES string of the molecule is O=[N+]([O-])c1cccc(C[C@@H]2OC(CO)[C@@H](O)[C@H](O)C2O)c1.OCC1OC(O)C(O)[C@@H](O)[C@@H]1O. The molecule has 0 amide bonds. The Hall–Kier alpha value is -1.82. The summed E-state index contributed by atoms with van der Waals surface area (Å²) in [5.74, 6) is 0. The van der Waals surface area contributed by atoms with Crippen molar-refractivity contribution in [3.8, 4) is 0 Å². The lowest BCUT2D eigenvalue weighted by Gasteiger charge is -2.40. The third kappa shape index (κ3) is 6.62. The van der Waals surface area contributed by atoms with Crippen LogP contribution >= 0.6 is 0 Å². The van der Waals surface area contributed by atoms with Gasteiger partial charge >= 0.3 is 0 Å². The van der Waals surface area contributed by atoms with Gasteiger partial charge in [0.25, 0.3) is 5.69 Å². The first-order valence-corrected chi connectivity index (χ1v) is 10.0. The maximum absolute atomic E-state index is 10.7. The lowest BCUT2D eigenvalue weighted by Crippen LogP contribution is -2.59. The van der Waals surface area contributed by atoms with Gasteiger partial charge in [-0.05, 0) is 5.56 Å². The van der Waals surface area contributed by atoms with Crippen molar-refractivity contribution in [1.29, 1.82) is 0 Å². The van der Waals surface area contributed by atoms with Gasteiger partial charge in [0.1, 0.15) is 48.8 Å². The van der Waals surface area contributed by atoms with Crippen LogP contribution in [0.25, 0.3) is 0 Å². The number of ether oxygens (including phenoxy) is 2. The molecule has 2 aliphatic heterocycles. The summed E-state index contributed by atoms with van der Waals surface area (Å²) in [4.78, 5) is 10.2. The van der Waals surface area contributed by atoms with Crippen molar-refractivity contribution < 1.29 is 60.4 Å². The molecule has 0 aromatic heterocycles. The van der Waals surface area contributed by atoms with Crippen LogP contribution in [0.2, 0.25) is 0 Å². The molecule has 188 valence electrons. The van der Waals surface area contributed by atoms with Crippen molar-refractivity contribution in [1.82, 2.24) is 0 Å². The fourth-order valence-electron chi connectivity index (χ4n) is 3.46. The van der Waals surface area contributed by atoms with Crippen LogP contribution in [-0.2, 0) is 15.9 Å². The second-order valence-electron chi connectivity index (χ2n) is 7.72. The first-order valence-electron chi connectivity index (χ1n) is 10.0. The van der Waals surface area contributed by atoms with Crippen molar-refractivity contribution >= 4 is 5.69 Å². The van der Waals surface area contributed by atoms with Crippen LogP contribution in [0, 0.1) is 10.1 Å². The minimum atomic E-state index is -1.57. The van der Waals surface area contributed by atoms with Gasteiger partial charge in [-0.2, -0.15) is 0 Å². The predicted molar refractivity (Wildman–Crippen MR) is 107 cm³/mol. The molecule has 2 heterocycles. The summed E-state index contributed by atoms with van der Waals surface area (Å²) in [5.41, 5.74) is 0.464. The smallest absolute Gasteiger partial charge is 0.269 e. The van der Waals surface area contributed by atoms with E-state index in [0.717, 1.165) is 0 Å². The van der Waals surface area contributed by atoms with Gasteiger partial charge in [-0.25, -0.2) is 0 Å². The Kier molecular flexibility index (Phi) is 10.0. The topological polar surface area (TPSA) is 244 Å². The quantitative estimate of drug-likeness (QED) is 0.144. The highest BCUT2D eigenvalue weighted by Crippen LogP contribution is 2.25. The fraction of sp³-hybridized carbons (Fsp3) is 0.684. The summed E-state index contributed by atoms with van der Waals surface area (Å²) in [6, 6.07) is 5.84. The predicted octanol–water partition coefficient (Wildman–Crippen LogP) is -4.24. The number of nitro benzene ring substituents is 1. The molecule has 9 N–H and O–H groups in total. The maximum atomic E-state index is 10.7. The Morgan fingerprint density at radius 1 is 0.758 bits per heavy atom. The Bertz CT molecular complexity index is 760. The first-order chi connectivity index (χ1) is 15.5. The van der Waals surface area contributed by atoms with Crippen LogP contribution in [0.5, 0.6) is 0 Å². The van der Waals surface area contributed by atoms with Crippen LogP contribution in [0.3, 0.4) is 0 Å². The van der Waals surface area contributed by atoms with E-state index >= 15 is 0 Å². The number of nitrogens with zero attached hydrogens (tertiary/aromatic N) is 1. The monoisotopic (exact) mass is 479 g/mol. The normalized spacial score (nSPS) is 38.8. The zero-order valence-corrected chi connectivity index (χ0v) is 17.3. The van der Waals surface area contributed by atoms with Crippen molar-refractivity contribution in [3.63, 3.8) is 0 Å². The summed E-state index contributed by atoms with van der Waals surface area (Å²) in [6.07, 6.45) is -13.0. The zero-order valence-electron chi connectivity index (χ0n) is 17.3. The summed E-state index contributed by atoms with van der Waals surface area (Å²) >= 11 is 0. The van der Waals surface area contributed by atoms with Gasteiger partial charge in [0.2, 0.25) is 0 Å². The lowest BCUT2D eigenvalue weighted by molar-refractivity contribution is -0.384. The number of benzene rings is 1. The molecule has 1 aromatic rings. The van der Waals surface area contributed by atoms with E-state index < -0.39 is 79.4 Å². The minimum absolute atomic E-state index is 0.0860. The van der Waals surface area contributed by atoms with Gasteiger partial charge < -0.3 is 55.4 Å². The average Bonchev–Trinajstić information content (AvgIpc) is 2.81. The van der Waals surface area contributed by atoms with Gasteiger partial charge in [-0.1, -0.05) is 12.1 Å². The molecule has 0 spiro atoms. The van der Waals surface area contributed by atoms with Crippen LogP contribution < -0.4 is 0 Å². The second-order valence-corrected chi connectivity index (χ2v) is 7.72. The number of aliphatic hydroxyl groups excluding tert-OH is 9. The van der Waals surface area contributed by atoms with Crippen molar-refractivity contribution in [2.24, 2.45) is 0 Å². The van der Waals surface area contributed by atoms with E-state index in [0.29, 0.717) is 5.56 Å². The molecule has 0 bridgehead atoms. The van der Waals surface area contributed by atoms with Crippen molar-refractivity contribution in [2.75, 3.05) is 13.2 Å². The molecular weight excluding hydrogens is 450 g/mol. The molecule has 14 heteroatoms. The van der Waals surface area contributed by atoms with Gasteiger partial charge in [0, 0.05) is 18.6 Å². The highest BCUT2D eigenvalue weighted by molar-refractivity contribution is 5.34.